The first-order valence-electron chi connectivity index (χ1n) is 9.12. The highest BCUT2D eigenvalue weighted by Crippen LogP contribution is 2.33. The molecule has 0 aliphatic carbocycles. The van der Waals surface area contributed by atoms with Gasteiger partial charge >= 0.3 is 6.09 Å². The Labute approximate surface area is 157 Å². The highest BCUT2D eigenvalue weighted by Gasteiger charge is 2.44. The summed E-state index contributed by atoms with van der Waals surface area (Å²) < 4.78 is 0. The third-order valence-electron chi connectivity index (χ3n) is 5.38. The van der Waals surface area contributed by atoms with E-state index in [1.165, 1.54) is 17.9 Å². The highest BCUT2D eigenvalue weighted by molar-refractivity contribution is 5.87. The lowest BCUT2D eigenvalue weighted by Gasteiger charge is -2.47. The second-order valence-corrected chi connectivity index (χ2v) is 7.05. The maximum atomic E-state index is 12.4. The van der Waals surface area contributed by atoms with Crippen LogP contribution in [0.5, 0.6) is 0 Å². The van der Waals surface area contributed by atoms with Gasteiger partial charge in [-0.2, -0.15) is 0 Å². The first kappa shape index (κ1) is 19.1. The van der Waals surface area contributed by atoms with E-state index in [9.17, 15) is 24.8 Å². The molecule has 0 aromatic heterocycles. The fourth-order valence-corrected chi connectivity index (χ4v) is 4.19. The molecule has 2 atom stereocenters. The molecule has 0 saturated carbocycles. The number of hydrogen-bond acceptors (Lipinski definition) is 6. The summed E-state index contributed by atoms with van der Waals surface area (Å²) in [6.45, 7) is 4.10. The molecule has 1 N–H and O–H groups in total. The van der Waals surface area contributed by atoms with Gasteiger partial charge in [0, 0.05) is 25.7 Å². The van der Waals surface area contributed by atoms with Crippen LogP contribution in [0.1, 0.15) is 19.8 Å². The van der Waals surface area contributed by atoms with Crippen LogP contribution in [0.25, 0.3) is 0 Å². The lowest BCUT2D eigenvalue weighted by Crippen LogP contribution is -2.66. The van der Waals surface area contributed by atoms with Crippen molar-refractivity contribution in [1.29, 1.82) is 0 Å². The van der Waals surface area contributed by atoms with Gasteiger partial charge in [0.25, 0.3) is 5.69 Å². The molecule has 2 fully saturated rings. The smallest absolute Gasteiger partial charge is 0.408 e. The molecule has 1 amide bonds. The Kier molecular flexibility index (Phi) is 5.59. The minimum Gasteiger partial charge on any atom is -0.465 e. The molecular formula is C18H24N4O5. The van der Waals surface area contributed by atoms with Crippen LogP contribution in [0.15, 0.2) is 24.3 Å². The van der Waals surface area contributed by atoms with Crippen LogP contribution in [0.2, 0.25) is 0 Å². The minimum atomic E-state index is -1.14. The molecule has 9 heteroatoms. The van der Waals surface area contributed by atoms with Gasteiger partial charge in [-0.05, 0) is 38.9 Å². The van der Waals surface area contributed by atoms with E-state index in [2.05, 4.69) is 4.90 Å². The number of benzene rings is 1. The van der Waals surface area contributed by atoms with Crippen LogP contribution >= 0.6 is 0 Å². The molecule has 27 heavy (non-hydrogen) atoms. The van der Waals surface area contributed by atoms with Crippen molar-refractivity contribution in [3.8, 4) is 0 Å². The molecule has 2 saturated heterocycles. The van der Waals surface area contributed by atoms with Gasteiger partial charge in [-0.15, -0.1) is 0 Å². The molecule has 2 aliphatic rings. The predicted molar refractivity (Wildman–Crippen MR) is 99.1 cm³/mol. The van der Waals surface area contributed by atoms with Gasteiger partial charge in [0.2, 0.25) is 0 Å². The number of hydrogen-bond donors (Lipinski definition) is 1. The number of carbonyl (C=O) groups excluding carboxylic acids is 1. The summed E-state index contributed by atoms with van der Waals surface area (Å²) in [6, 6.07) is 5.12. The van der Waals surface area contributed by atoms with Crippen LogP contribution in [0.4, 0.5) is 16.2 Å². The van der Waals surface area contributed by atoms with Crippen molar-refractivity contribution in [2.45, 2.75) is 31.8 Å². The Hall–Kier alpha value is -2.68. The number of nitro benzene ring substituents is 1. The van der Waals surface area contributed by atoms with Crippen molar-refractivity contribution in [2.24, 2.45) is 0 Å². The van der Waals surface area contributed by atoms with E-state index in [1.54, 1.807) is 18.2 Å². The Balaban J connectivity index is 2.01. The fraction of sp³-hybridized carbons (Fsp3) is 0.556. The standard InChI is InChI=1S/C18H24N4O5/c1-13(23)17-16(12-19-8-4-5-9-19)20(10-11-21(17)18(24)25)14-6-2-3-7-15(14)22(26)27/h2-3,6-7,16-17H,4-5,8-12H2,1H3,(H,24,25). The number of nitro groups is 1. The number of amides is 1. The molecule has 146 valence electrons. The molecule has 2 unspecified atom stereocenters. The van der Waals surface area contributed by atoms with Gasteiger partial charge in [0.1, 0.15) is 11.7 Å². The SMILES string of the molecule is CC(=O)C1C(CN2CCCC2)N(c2ccccc2[N+](=O)[O-])CCN1C(=O)O. The lowest BCUT2D eigenvalue weighted by atomic mass is 9.96. The van der Waals surface area contributed by atoms with Gasteiger partial charge in [-0.25, -0.2) is 4.79 Å². The Morgan fingerprint density at radius 1 is 1.19 bits per heavy atom. The summed E-state index contributed by atoms with van der Waals surface area (Å²) in [5, 5.41) is 21.1. The van der Waals surface area contributed by atoms with Crippen molar-refractivity contribution >= 4 is 23.3 Å². The Bertz CT molecular complexity index is 734. The molecule has 0 bridgehead atoms. The van der Waals surface area contributed by atoms with Crippen molar-refractivity contribution in [3.63, 3.8) is 0 Å². The van der Waals surface area contributed by atoms with E-state index in [-0.39, 0.29) is 18.0 Å². The summed E-state index contributed by atoms with van der Waals surface area (Å²) in [5.41, 5.74) is 0.401. The van der Waals surface area contributed by atoms with Gasteiger partial charge in [0.05, 0.1) is 11.0 Å². The molecular weight excluding hydrogens is 352 g/mol. The topological polar surface area (TPSA) is 107 Å². The van der Waals surface area contributed by atoms with Gasteiger partial charge in [-0.3, -0.25) is 19.8 Å². The van der Waals surface area contributed by atoms with Crippen LogP contribution < -0.4 is 4.90 Å². The number of rotatable bonds is 5. The Morgan fingerprint density at radius 2 is 1.85 bits per heavy atom. The van der Waals surface area contributed by atoms with E-state index in [0.29, 0.717) is 18.8 Å². The van der Waals surface area contributed by atoms with Crippen molar-refractivity contribution in [2.75, 3.05) is 37.6 Å². The van der Waals surface area contributed by atoms with Crippen molar-refractivity contribution < 1.29 is 19.6 Å². The second kappa shape index (κ2) is 7.91. The normalized spacial score (nSPS) is 23.4. The summed E-state index contributed by atoms with van der Waals surface area (Å²) in [5.74, 6) is -0.245. The monoisotopic (exact) mass is 376 g/mol. The first-order chi connectivity index (χ1) is 12.9. The minimum absolute atomic E-state index is 0.0324. The van der Waals surface area contributed by atoms with E-state index in [4.69, 9.17) is 0 Å². The second-order valence-electron chi connectivity index (χ2n) is 7.05. The van der Waals surface area contributed by atoms with E-state index < -0.39 is 23.1 Å². The highest BCUT2D eigenvalue weighted by atomic mass is 16.6. The zero-order valence-electron chi connectivity index (χ0n) is 15.3. The van der Waals surface area contributed by atoms with E-state index in [1.807, 2.05) is 4.90 Å². The zero-order valence-corrected chi connectivity index (χ0v) is 15.3. The number of ketones is 1. The molecule has 0 radical (unpaired) electrons. The third kappa shape index (κ3) is 3.87. The third-order valence-corrected chi connectivity index (χ3v) is 5.38. The average Bonchev–Trinajstić information content (AvgIpc) is 3.14. The molecule has 2 heterocycles. The number of piperazine rings is 1. The maximum absolute atomic E-state index is 12.4. The largest absolute Gasteiger partial charge is 0.465 e. The average molecular weight is 376 g/mol. The van der Waals surface area contributed by atoms with Crippen LogP contribution in [0, 0.1) is 10.1 Å². The van der Waals surface area contributed by atoms with Gasteiger partial charge < -0.3 is 14.9 Å². The van der Waals surface area contributed by atoms with Crippen LogP contribution in [0.3, 0.4) is 0 Å². The van der Waals surface area contributed by atoms with E-state index in [0.717, 1.165) is 25.9 Å². The summed E-state index contributed by atoms with van der Waals surface area (Å²) in [4.78, 5) is 40.4. The van der Waals surface area contributed by atoms with Crippen molar-refractivity contribution in [3.05, 3.63) is 34.4 Å². The number of anilines is 1. The number of carboxylic acid groups (broad SMARTS) is 1. The molecule has 9 nitrogen and oxygen atoms in total. The molecule has 3 rings (SSSR count). The predicted octanol–water partition coefficient (Wildman–Crippen LogP) is 1.82. The number of carbonyl (C=O) groups is 2. The van der Waals surface area contributed by atoms with E-state index >= 15 is 0 Å². The number of likely N-dealkylation sites (tertiary alicyclic amines) is 1. The zero-order chi connectivity index (χ0) is 19.6. The van der Waals surface area contributed by atoms with Crippen LogP contribution in [-0.2, 0) is 4.79 Å². The van der Waals surface area contributed by atoms with Gasteiger partial charge in [-0.1, -0.05) is 12.1 Å². The number of Topliss-reactive ketones (excluding diaryl/α,β-unsaturated/α-hetero) is 1. The summed E-state index contributed by atoms with van der Waals surface area (Å²) in [7, 11) is 0. The molecule has 2 aliphatic heterocycles. The Morgan fingerprint density at radius 3 is 2.44 bits per heavy atom. The molecule has 1 aromatic rings. The van der Waals surface area contributed by atoms with Gasteiger partial charge in [0.15, 0.2) is 5.78 Å². The molecule has 1 aromatic carbocycles. The lowest BCUT2D eigenvalue weighted by molar-refractivity contribution is -0.384. The first-order valence-corrected chi connectivity index (χ1v) is 9.12. The summed E-state index contributed by atoms with van der Waals surface area (Å²) >= 11 is 0. The summed E-state index contributed by atoms with van der Waals surface area (Å²) in [6.07, 6.45) is 0.987. The number of para-hydroxylation sites is 2. The van der Waals surface area contributed by atoms with Crippen LogP contribution in [-0.4, -0.2) is 76.5 Å². The fourth-order valence-electron chi connectivity index (χ4n) is 4.19. The maximum Gasteiger partial charge on any atom is 0.408 e. The van der Waals surface area contributed by atoms with Crippen molar-refractivity contribution in [1.82, 2.24) is 9.80 Å². The molecule has 0 spiro atoms. The quantitative estimate of drug-likeness (QED) is 0.617. The number of nitrogens with zero attached hydrogens (tertiary/aromatic N) is 4.